The van der Waals surface area contributed by atoms with Gasteiger partial charge in [-0.2, -0.15) is 5.10 Å². The van der Waals surface area contributed by atoms with Crippen LogP contribution in [0.2, 0.25) is 0 Å². The number of aryl methyl sites for hydroxylation is 1. The minimum Gasteiger partial charge on any atom is -0.496 e. The second kappa shape index (κ2) is 10.1. The van der Waals surface area contributed by atoms with E-state index in [9.17, 15) is 4.79 Å². The van der Waals surface area contributed by atoms with E-state index in [0.29, 0.717) is 0 Å². The molecule has 0 saturated carbocycles. The van der Waals surface area contributed by atoms with Crippen LogP contribution in [0.1, 0.15) is 36.5 Å². The van der Waals surface area contributed by atoms with Crippen molar-refractivity contribution in [2.45, 2.75) is 33.2 Å². The molecule has 1 aliphatic heterocycles. The number of benzene rings is 2. The van der Waals surface area contributed by atoms with E-state index >= 15 is 0 Å². The van der Waals surface area contributed by atoms with Gasteiger partial charge in [0.15, 0.2) is 0 Å². The van der Waals surface area contributed by atoms with Crippen LogP contribution in [-0.4, -0.2) is 43.3 Å². The minimum absolute atomic E-state index is 0.169. The van der Waals surface area contributed by atoms with Gasteiger partial charge in [0, 0.05) is 17.8 Å². The number of rotatable bonds is 8. The summed E-state index contributed by atoms with van der Waals surface area (Å²) in [4.78, 5) is 14.5. The van der Waals surface area contributed by atoms with Crippen molar-refractivity contribution in [2.24, 2.45) is 5.10 Å². The highest BCUT2D eigenvalue weighted by molar-refractivity contribution is 5.99. The molecule has 0 spiro atoms. The lowest BCUT2D eigenvalue weighted by molar-refractivity contribution is -0.119. The zero-order chi connectivity index (χ0) is 20.6. The Balaban J connectivity index is 1.59. The van der Waals surface area contributed by atoms with Crippen LogP contribution in [0.4, 0.5) is 5.69 Å². The first-order valence-electron chi connectivity index (χ1n) is 10.1. The predicted octanol–water partition coefficient (Wildman–Crippen LogP) is 3.55. The molecular weight excluding hydrogens is 364 g/mol. The van der Waals surface area contributed by atoms with Crippen LogP contribution in [0.5, 0.6) is 5.75 Å². The van der Waals surface area contributed by atoms with E-state index in [4.69, 9.17) is 4.74 Å². The lowest BCUT2D eigenvalue weighted by atomic mass is 10.1. The Morgan fingerprint density at radius 3 is 2.55 bits per heavy atom. The Morgan fingerprint density at radius 2 is 1.86 bits per heavy atom. The fraction of sp³-hybridized carbons (Fsp3) is 0.391. The van der Waals surface area contributed by atoms with E-state index in [1.807, 2.05) is 50.2 Å². The Bertz CT molecular complexity index is 856. The third-order valence-corrected chi connectivity index (χ3v) is 5.14. The largest absolute Gasteiger partial charge is 0.496 e. The molecule has 0 bridgehead atoms. The molecule has 0 aromatic heterocycles. The summed E-state index contributed by atoms with van der Waals surface area (Å²) >= 11 is 0. The Labute approximate surface area is 172 Å². The SMILES string of the molecule is COc1ccc(/C(C)=N\NC(=O)CNc2ccc(C)cc2)cc1CN1CCCC1. The summed E-state index contributed by atoms with van der Waals surface area (Å²) in [5.74, 6) is 0.704. The standard InChI is InChI=1S/C23H30N4O2/c1-17-6-9-21(10-7-17)24-15-23(28)26-25-18(2)19-8-11-22(29-3)20(14-19)16-27-12-4-5-13-27/h6-11,14,24H,4-5,12-13,15-16H2,1-3H3,(H,26,28)/b25-18-. The molecule has 0 radical (unpaired) electrons. The number of likely N-dealkylation sites (tertiary alicyclic amines) is 1. The number of carbonyl (C=O) groups excluding carboxylic acids is 1. The van der Waals surface area contributed by atoms with Gasteiger partial charge in [0.05, 0.1) is 19.4 Å². The van der Waals surface area contributed by atoms with Crippen LogP contribution in [-0.2, 0) is 11.3 Å². The zero-order valence-corrected chi connectivity index (χ0v) is 17.5. The van der Waals surface area contributed by atoms with Gasteiger partial charge in [0.1, 0.15) is 5.75 Å². The summed E-state index contributed by atoms with van der Waals surface area (Å²) in [6.07, 6.45) is 2.51. The number of carbonyl (C=O) groups is 1. The van der Waals surface area contributed by atoms with E-state index in [1.165, 1.54) is 18.4 Å². The quantitative estimate of drug-likeness (QED) is 0.531. The van der Waals surface area contributed by atoms with E-state index in [-0.39, 0.29) is 12.5 Å². The molecule has 0 aliphatic carbocycles. The third kappa shape index (κ3) is 6.06. The van der Waals surface area contributed by atoms with Crippen molar-refractivity contribution in [3.8, 4) is 5.75 Å². The van der Waals surface area contributed by atoms with Crippen molar-refractivity contribution in [3.63, 3.8) is 0 Å². The topological polar surface area (TPSA) is 66.0 Å². The van der Waals surface area contributed by atoms with Gasteiger partial charge in [0.2, 0.25) is 0 Å². The number of methoxy groups -OCH3 is 1. The van der Waals surface area contributed by atoms with Gasteiger partial charge in [-0.1, -0.05) is 17.7 Å². The molecule has 6 heteroatoms. The second-order valence-electron chi connectivity index (χ2n) is 7.46. The first kappa shape index (κ1) is 20.9. The molecule has 1 heterocycles. The maximum absolute atomic E-state index is 12.1. The average Bonchev–Trinajstić information content (AvgIpc) is 3.24. The average molecular weight is 395 g/mol. The summed E-state index contributed by atoms with van der Waals surface area (Å²) in [6, 6.07) is 14.0. The van der Waals surface area contributed by atoms with Crippen LogP contribution >= 0.6 is 0 Å². The molecule has 1 fully saturated rings. The van der Waals surface area contributed by atoms with Crippen LogP contribution in [0.15, 0.2) is 47.6 Å². The van der Waals surface area contributed by atoms with Gasteiger partial charge >= 0.3 is 0 Å². The number of amides is 1. The van der Waals surface area contributed by atoms with Crippen molar-refractivity contribution in [3.05, 3.63) is 59.2 Å². The first-order chi connectivity index (χ1) is 14.0. The summed E-state index contributed by atoms with van der Waals surface area (Å²) in [5, 5.41) is 7.37. The van der Waals surface area contributed by atoms with E-state index in [1.54, 1.807) is 7.11 Å². The highest BCUT2D eigenvalue weighted by Gasteiger charge is 2.15. The van der Waals surface area contributed by atoms with Crippen LogP contribution in [0, 0.1) is 6.92 Å². The minimum atomic E-state index is -0.185. The smallest absolute Gasteiger partial charge is 0.259 e. The van der Waals surface area contributed by atoms with Crippen LogP contribution < -0.4 is 15.5 Å². The van der Waals surface area contributed by atoms with E-state index in [2.05, 4.69) is 26.8 Å². The third-order valence-electron chi connectivity index (χ3n) is 5.14. The van der Waals surface area contributed by atoms with Crippen LogP contribution in [0.3, 0.4) is 0 Å². The number of hydrogen-bond acceptors (Lipinski definition) is 5. The lowest BCUT2D eigenvalue weighted by Gasteiger charge is -2.17. The molecular formula is C23H30N4O2. The number of hydrazone groups is 1. The van der Waals surface area contributed by atoms with Gasteiger partial charge in [-0.15, -0.1) is 0 Å². The molecule has 154 valence electrons. The lowest BCUT2D eigenvalue weighted by Crippen LogP contribution is -2.26. The number of nitrogens with one attached hydrogen (secondary N) is 2. The molecule has 0 unspecified atom stereocenters. The van der Waals surface area contributed by atoms with E-state index < -0.39 is 0 Å². The normalized spacial score (nSPS) is 14.7. The summed E-state index contributed by atoms with van der Waals surface area (Å²) in [6.45, 7) is 7.23. The summed E-state index contributed by atoms with van der Waals surface area (Å²) in [7, 11) is 1.70. The molecule has 2 N–H and O–H groups in total. The molecule has 2 aromatic carbocycles. The predicted molar refractivity (Wildman–Crippen MR) is 118 cm³/mol. The molecule has 1 saturated heterocycles. The summed E-state index contributed by atoms with van der Waals surface area (Å²) < 4.78 is 5.53. The van der Waals surface area contributed by atoms with Gasteiger partial charge in [-0.05, 0) is 75.7 Å². The molecule has 1 aliphatic rings. The molecule has 29 heavy (non-hydrogen) atoms. The highest BCUT2D eigenvalue weighted by Crippen LogP contribution is 2.23. The fourth-order valence-electron chi connectivity index (χ4n) is 3.41. The van der Waals surface area contributed by atoms with E-state index in [0.717, 1.165) is 47.9 Å². The molecule has 3 rings (SSSR count). The number of hydrogen-bond donors (Lipinski definition) is 2. The Hall–Kier alpha value is -2.86. The Kier molecular flexibility index (Phi) is 7.25. The maximum Gasteiger partial charge on any atom is 0.259 e. The van der Waals surface area contributed by atoms with Gasteiger partial charge < -0.3 is 10.1 Å². The molecule has 1 amide bonds. The van der Waals surface area contributed by atoms with Crippen molar-refractivity contribution in [2.75, 3.05) is 32.1 Å². The molecule has 2 aromatic rings. The number of nitrogens with zero attached hydrogens (tertiary/aromatic N) is 2. The first-order valence-corrected chi connectivity index (χ1v) is 10.1. The van der Waals surface area contributed by atoms with Crippen molar-refractivity contribution < 1.29 is 9.53 Å². The number of anilines is 1. The van der Waals surface area contributed by atoms with Gasteiger partial charge in [-0.25, -0.2) is 5.43 Å². The fourth-order valence-corrected chi connectivity index (χ4v) is 3.41. The molecule has 6 nitrogen and oxygen atoms in total. The van der Waals surface area contributed by atoms with Crippen molar-refractivity contribution in [1.29, 1.82) is 0 Å². The monoisotopic (exact) mass is 394 g/mol. The number of ether oxygens (including phenoxy) is 1. The zero-order valence-electron chi connectivity index (χ0n) is 17.5. The van der Waals surface area contributed by atoms with Crippen molar-refractivity contribution >= 4 is 17.3 Å². The van der Waals surface area contributed by atoms with Crippen molar-refractivity contribution in [1.82, 2.24) is 10.3 Å². The highest BCUT2D eigenvalue weighted by atomic mass is 16.5. The van der Waals surface area contributed by atoms with Crippen LogP contribution in [0.25, 0.3) is 0 Å². The van der Waals surface area contributed by atoms with Gasteiger partial charge in [0.25, 0.3) is 5.91 Å². The maximum atomic E-state index is 12.1. The molecule has 0 atom stereocenters. The second-order valence-corrected chi connectivity index (χ2v) is 7.46. The Morgan fingerprint density at radius 1 is 1.14 bits per heavy atom. The summed E-state index contributed by atoms with van der Waals surface area (Å²) in [5.41, 5.74) is 7.61. The van der Waals surface area contributed by atoms with Gasteiger partial charge in [-0.3, -0.25) is 9.69 Å².